The molecule has 0 spiro atoms. The van der Waals surface area contributed by atoms with Crippen LogP contribution in [0.25, 0.3) is 21.5 Å². The van der Waals surface area contributed by atoms with Crippen LogP contribution in [0.4, 0.5) is 0 Å². The van der Waals surface area contributed by atoms with Crippen molar-refractivity contribution in [1.29, 1.82) is 0 Å². The zero-order valence-corrected chi connectivity index (χ0v) is 61.1. The molecule has 5 aliphatic carbocycles. The summed E-state index contributed by atoms with van der Waals surface area (Å²) >= 11 is 0. The number of carbonyl (C=O) groups is 2. The maximum absolute atomic E-state index is 13.0. The van der Waals surface area contributed by atoms with Crippen molar-refractivity contribution in [2.24, 2.45) is 29.1 Å². The van der Waals surface area contributed by atoms with Crippen molar-refractivity contribution < 1.29 is 23.8 Å². The van der Waals surface area contributed by atoms with Gasteiger partial charge in [-0.3, -0.25) is 9.59 Å². The molecular weight excluding hydrogens is 1130 g/mol. The lowest BCUT2D eigenvalue weighted by molar-refractivity contribution is -0.161. The van der Waals surface area contributed by atoms with Crippen LogP contribution in [-0.4, -0.2) is 27.1 Å². The maximum atomic E-state index is 13.0. The normalized spacial score (nSPS) is 19.1. The van der Waals surface area contributed by atoms with E-state index in [0.29, 0.717) is 16.9 Å². The molecule has 0 N–H and O–H groups in total. The fourth-order valence-electron chi connectivity index (χ4n) is 13.9. The summed E-state index contributed by atoms with van der Waals surface area (Å²) < 4.78 is 16.6. The van der Waals surface area contributed by atoms with Gasteiger partial charge in [-0.05, 0) is 214 Å². The third kappa shape index (κ3) is 19.1. The van der Waals surface area contributed by atoms with E-state index < -0.39 is 8.07 Å². The molecule has 7 aromatic rings. The SMILES string of the molecule is CCC(C)(C)c1ccc(OC(=O)C23CC4CC(CC(C4)C2)C3)cc1.CCC(C)(C)c1ccc(OC(=O)C2CCCCC2)cc1.CCC(C)(C)c1ccc([Si](C)(C)C)cc1.CCC(C)(C)c1ccc2cc(OC)ccc2c1.CCC(C)(C)c1ccc2ccccc2c1. The first-order valence-electron chi connectivity index (χ1n) is 35.2. The quantitative estimate of drug-likeness (QED) is 0.0548. The summed E-state index contributed by atoms with van der Waals surface area (Å²) in [5.41, 5.74) is 7.91. The summed E-state index contributed by atoms with van der Waals surface area (Å²) in [6, 6.07) is 53.8. The number of fused-ring (bicyclic) bond motifs is 2. The number of methoxy groups -OCH3 is 1. The van der Waals surface area contributed by atoms with Gasteiger partial charge in [-0.2, -0.15) is 0 Å². The minimum atomic E-state index is -1.13. The lowest BCUT2D eigenvalue weighted by atomic mass is 9.49. The van der Waals surface area contributed by atoms with E-state index in [-0.39, 0.29) is 44.9 Å². The van der Waals surface area contributed by atoms with E-state index in [2.05, 4.69) is 245 Å². The van der Waals surface area contributed by atoms with Gasteiger partial charge in [0.05, 0.1) is 26.5 Å². The molecule has 5 aliphatic rings. The molecule has 0 atom stereocenters. The molecule has 0 radical (unpaired) electrons. The lowest BCUT2D eigenvalue weighted by Gasteiger charge is -2.55. The average molecular weight is 1250 g/mol. The van der Waals surface area contributed by atoms with Crippen LogP contribution in [0.1, 0.15) is 234 Å². The minimum Gasteiger partial charge on any atom is -0.497 e. The molecule has 0 unspecified atom stereocenters. The highest BCUT2D eigenvalue weighted by atomic mass is 28.3. The van der Waals surface area contributed by atoms with Crippen LogP contribution in [0, 0.1) is 29.1 Å². The van der Waals surface area contributed by atoms with Gasteiger partial charge in [0.25, 0.3) is 0 Å². The van der Waals surface area contributed by atoms with E-state index in [4.69, 9.17) is 14.2 Å². The first-order valence-corrected chi connectivity index (χ1v) is 38.7. The largest absolute Gasteiger partial charge is 0.497 e. The van der Waals surface area contributed by atoms with E-state index in [0.717, 1.165) is 87.7 Å². The van der Waals surface area contributed by atoms with Crippen LogP contribution >= 0.6 is 0 Å². The van der Waals surface area contributed by atoms with Gasteiger partial charge >= 0.3 is 11.9 Å². The van der Waals surface area contributed by atoms with Crippen molar-refractivity contribution in [1.82, 2.24) is 0 Å². The summed E-state index contributed by atoms with van der Waals surface area (Å²) in [5, 5.41) is 6.74. The Kier molecular flexibility index (Phi) is 24.6. The van der Waals surface area contributed by atoms with Crippen molar-refractivity contribution in [3.8, 4) is 17.2 Å². The summed E-state index contributed by atoms with van der Waals surface area (Å²) in [4.78, 5) is 25.1. The van der Waals surface area contributed by atoms with Crippen molar-refractivity contribution >= 4 is 46.7 Å². The van der Waals surface area contributed by atoms with Gasteiger partial charge in [-0.15, -0.1) is 0 Å². The van der Waals surface area contributed by atoms with Crippen LogP contribution < -0.4 is 19.4 Å². The van der Waals surface area contributed by atoms with E-state index in [1.165, 1.54) is 87.9 Å². The third-order valence-electron chi connectivity index (χ3n) is 22.4. The van der Waals surface area contributed by atoms with E-state index in [1.807, 2.05) is 30.3 Å². The van der Waals surface area contributed by atoms with Gasteiger partial charge in [0.1, 0.15) is 17.2 Å². The minimum absolute atomic E-state index is 0.0455. The monoisotopic (exact) mass is 1250 g/mol. The Hall–Kier alpha value is -5.98. The van der Waals surface area contributed by atoms with Crippen molar-refractivity contribution in [3.05, 3.63) is 179 Å². The number of hydrogen-bond acceptors (Lipinski definition) is 5. The van der Waals surface area contributed by atoms with Gasteiger partial charge in [-0.1, -0.05) is 263 Å². The average Bonchev–Trinajstić information content (AvgIpc) is 0.793. The smallest absolute Gasteiger partial charge is 0.317 e. The molecule has 0 aliphatic heterocycles. The Labute approximate surface area is 553 Å². The molecule has 5 saturated carbocycles. The fourth-order valence-corrected chi connectivity index (χ4v) is 15.1. The Balaban J connectivity index is 0.000000164. The van der Waals surface area contributed by atoms with Crippen molar-refractivity contribution in [3.63, 3.8) is 0 Å². The van der Waals surface area contributed by atoms with Gasteiger partial charge in [-0.25, -0.2) is 0 Å². The summed E-state index contributed by atoms with van der Waals surface area (Å²) in [5.74, 6) is 4.74. The second kappa shape index (κ2) is 30.8. The molecule has 12 rings (SSSR count). The van der Waals surface area contributed by atoms with Gasteiger partial charge in [0.15, 0.2) is 0 Å². The van der Waals surface area contributed by atoms with Crippen molar-refractivity contribution in [2.45, 2.75) is 253 Å². The first-order chi connectivity index (χ1) is 42.9. The molecule has 5 fully saturated rings. The molecule has 0 saturated heterocycles. The van der Waals surface area contributed by atoms with Crippen LogP contribution in [0.3, 0.4) is 0 Å². The molecule has 6 heteroatoms. The lowest BCUT2D eigenvalue weighted by Crippen LogP contribution is -2.51. The molecule has 492 valence electrons. The molecule has 0 heterocycles. The Morgan fingerprint density at radius 3 is 1.18 bits per heavy atom. The summed E-state index contributed by atoms with van der Waals surface area (Å²) in [6.45, 7) is 41.1. The highest BCUT2D eigenvalue weighted by molar-refractivity contribution is 6.88. The number of rotatable bonds is 16. The zero-order valence-electron chi connectivity index (χ0n) is 60.1. The maximum Gasteiger partial charge on any atom is 0.317 e. The Morgan fingerprint density at radius 2 is 0.758 bits per heavy atom. The molecule has 0 amide bonds. The number of esters is 2. The second-order valence-electron chi connectivity index (χ2n) is 31.9. The van der Waals surface area contributed by atoms with Crippen LogP contribution in [0.15, 0.2) is 152 Å². The van der Waals surface area contributed by atoms with Crippen LogP contribution in [-0.2, 0) is 36.7 Å². The van der Waals surface area contributed by atoms with Crippen LogP contribution in [0.5, 0.6) is 17.2 Å². The number of hydrogen-bond donors (Lipinski definition) is 0. The fraction of sp³-hybridized carbons (Fsp3) is 0.529. The zero-order chi connectivity index (χ0) is 66.6. The first kappa shape index (κ1) is 72.4. The predicted octanol–water partition coefficient (Wildman–Crippen LogP) is 23.3. The van der Waals surface area contributed by atoms with E-state index in [9.17, 15) is 9.59 Å². The van der Waals surface area contributed by atoms with Gasteiger partial charge in [0, 0.05) is 0 Å². The Morgan fingerprint density at radius 1 is 0.418 bits per heavy atom. The number of carbonyl (C=O) groups excluding carboxylic acids is 2. The molecule has 7 aromatic carbocycles. The molecule has 0 aromatic heterocycles. The van der Waals surface area contributed by atoms with Gasteiger partial charge < -0.3 is 14.2 Å². The molecule has 91 heavy (non-hydrogen) atoms. The topological polar surface area (TPSA) is 61.8 Å². The highest BCUT2D eigenvalue weighted by Gasteiger charge is 2.55. The number of ether oxygens (including phenoxy) is 3. The summed E-state index contributed by atoms with van der Waals surface area (Å²) in [7, 11) is 0.579. The predicted molar refractivity (Wildman–Crippen MR) is 392 cm³/mol. The summed E-state index contributed by atoms with van der Waals surface area (Å²) in [6.07, 6.45) is 18.5. The van der Waals surface area contributed by atoms with E-state index >= 15 is 0 Å². The Bertz CT molecular complexity index is 3400. The standard InChI is InChI=1S/C22H30O2.C18H26O2.C16H20O.C15H18.C14H24Si/c1-4-21(2,3)18-5-7-19(8-6-18)24-20(23)22-12-15-9-16(13-22)11-17(10-15)14-22;1-4-18(2,3)15-10-12-16(13-11-15)20-17(19)14-8-6-5-7-9-14;1-5-16(2,3)14-8-6-13-11-15(17-4)9-7-12(13)10-14;1-4-15(2,3)14-10-9-12-7-5-6-8-13(12)11-14;1-7-14(2,3)12-8-10-13(11-9-12)15(4,5)6/h5-8,15-17H,4,9-14H2,1-3H3;10-14H,4-9H2,1-3H3;6-11H,5H2,1-4H3;5-11H,4H2,1-3H3;8-11H,7H2,1-6H3. The van der Waals surface area contributed by atoms with E-state index in [1.54, 1.807) is 12.3 Å². The second-order valence-corrected chi connectivity index (χ2v) is 37.0. The molecular formula is C85H118O5Si. The number of benzene rings is 7. The van der Waals surface area contributed by atoms with Gasteiger partial charge in [0.2, 0.25) is 0 Å². The third-order valence-corrected chi connectivity index (χ3v) is 24.5. The molecule has 4 bridgehead atoms. The van der Waals surface area contributed by atoms with Crippen molar-refractivity contribution in [2.75, 3.05) is 7.11 Å². The molecule has 5 nitrogen and oxygen atoms in total. The highest BCUT2D eigenvalue weighted by Crippen LogP contribution is 2.60. The van der Waals surface area contributed by atoms with Crippen LogP contribution in [0.2, 0.25) is 19.6 Å².